The Labute approximate surface area is 148 Å². The zero-order valence-corrected chi connectivity index (χ0v) is 15.9. The second-order valence-corrected chi connectivity index (χ2v) is 8.18. The summed E-state index contributed by atoms with van der Waals surface area (Å²) >= 11 is 5.21. The lowest BCUT2D eigenvalue weighted by molar-refractivity contribution is 0.0793. The summed E-state index contributed by atoms with van der Waals surface area (Å²) in [5.41, 5.74) is 4.30. The number of fused-ring (bicyclic) bond motifs is 1. The van der Waals surface area contributed by atoms with E-state index < -0.39 is 0 Å². The summed E-state index contributed by atoms with van der Waals surface area (Å²) in [6.45, 7) is 5.47. The molecule has 1 aromatic carbocycles. The van der Waals surface area contributed by atoms with Crippen molar-refractivity contribution < 1.29 is 4.79 Å². The molecule has 120 valence electrons. The lowest BCUT2D eigenvalue weighted by Crippen LogP contribution is -2.28. The summed E-state index contributed by atoms with van der Waals surface area (Å²) in [6.07, 6.45) is 0. The van der Waals surface area contributed by atoms with Gasteiger partial charge in [0, 0.05) is 20.1 Å². The molecule has 0 unspecified atom stereocenters. The summed E-state index contributed by atoms with van der Waals surface area (Å²) < 4.78 is 4.34. The second kappa shape index (κ2) is 6.49. The Hall–Kier alpha value is -1.59. The van der Waals surface area contributed by atoms with Crippen molar-refractivity contribution in [1.29, 1.82) is 0 Å². The first-order valence-electron chi connectivity index (χ1n) is 7.59. The number of benzene rings is 1. The topological polar surface area (TPSA) is 25.2 Å². The van der Waals surface area contributed by atoms with E-state index in [9.17, 15) is 4.79 Å². The Morgan fingerprint density at radius 1 is 1.26 bits per heavy atom. The molecule has 0 aliphatic heterocycles. The molecule has 3 nitrogen and oxygen atoms in total. The first kappa shape index (κ1) is 16.3. The molecule has 1 amide bonds. The third-order valence-corrected chi connectivity index (χ3v) is 5.64. The van der Waals surface area contributed by atoms with E-state index in [-0.39, 0.29) is 5.91 Å². The van der Waals surface area contributed by atoms with Crippen LogP contribution in [0.1, 0.15) is 28.5 Å². The number of nitrogens with zero attached hydrogens (tertiary/aromatic N) is 2. The fourth-order valence-corrected chi connectivity index (χ4v) is 4.14. The minimum Gasteiger partial charge on any atom is -0.341 e. The van der Waals surface area contributed by atoms with Gasteiger partial charge in [0.2, 0.25) is 0 Å². The number of rotatable bonds is 4. The average Bonchev–Trinajstić information content (AvgIpc) is 3.05. The Kier molecular flexibility index (Phi) is 4.60. The highest BCUT2D eigenvalue weighted by molar-refractivity contribution is 9.11. The first-order chi connectivity index (χ1) is 11.0. The number of carbonyl (C=O) groups excluding carboxylic acids is 1. The Morgan fingerprint density at radius 3 is 2.61 bits per heavy atom. The minimum absolute atomic E-state index is 0.0686. The number of hydrogen-bond acceptors (Lipinski definition) is 2. The SMILES string of the molecule is CCN(C)C(=O)c1cc2sc(Br)cc2n1Cc1ccc(C)cc1. The number of thiophene rings is 1. The normalized spacial score (nSPS) is 11.1. The molecular weight excluding hydrogens is 372 g/mol. The Morgan fingerprint density at radius 2 is 1.96 bits per heavy atom. The van der Waals surface area contributed by atoms with Gasteiger partial charge in [-0.3, -0.25) is 4.79 Å². The number of aryl methyl sites for hydroxylation is 1. The highest BCUT2D eigenvalue weighted by Crippen LogP contribution is 2.33. The number of halogens is 1. The van der Waals surface area contributed by atoms with E-state index in [2.05, 4.69) is 57.8 Å². The third-order valence-electron chi connectivity index (χ3n) is 4.06. The summed E-state index contributed by atoms with van der Waals surface area (Å²) in [7, 11) is 1.84. The molecule has 0 saturated heterocycles. The van der Waals surface area contributed by atoms with Crippen LogP contribution < -0.4 is 0 Å². The van der Waals surface area contributed by atoms with Crippen LogP contribution >= 0.6 is 27.3 Å². The lowest BCUT2D eigenvalue weighted by Gasteiger charge is -2.17. The fourth-order valence-electron chi connectivity index (χ4n) is 2.57. The van der Waals surface area contributed by atoms with Gasteiger partial charge in [0.25, 0.3) is 5.91 Å². The van der Waals surface area contributed by atoms with E-state index in [0.29, 0.717) is 13.1 Å². The molecule has 23 heavy (non-hydrogen) atoms. The number of amides is 1. The molecule has 0 fully saturated rings. The molecule has 3 aromatic rings. The molecule has 0 spiro atoms. The van der Waals surface area contributed by atoms with Crippen molar-refractivity contribution in [3.8, 4) is 0 Å². The van der Waals surface area contributed by atoms with Crippen LogP contribution in [0.4, 0.5) is 0 Å². The molecule has 0 atom stereocenters. The molecule has 0 radical (unpaired) electrons. The molecule has 0 bridgehead atoms. The van der Waals surface area contributed by atoms with E-state index in [0.717, 1.165) is 19.7 Å². The highest BCUT2D eigenvalue weighted by Gasteiger charge is 2.20. The van der Waals surface area contributed by atoms with Crippen molar-refractivity contribution in [3.63, 3.8) is 0 Å². The summed E-state index contributed by atoms with van der Waals surface area (Å²) in [5, 5.41) is 0. The molecule has 0 aliphatic rings. The quantitative estimate of drug-likeness (QED) is 0.620. The van der Waals surface area contributed by atoms with Crippen molar-refractivity contribution in [3.05, 3.63) is 57.0 Å². The standard InChI is InChI=1S/C18H19BrN2OS/c1-4-20(3)18(22)15-9-16-14(10-17(19)23-16)21(15)11-13-7-5-12(2)6-8-13/h5-10H,4,11H2,1-3H3. The minimum atomic E-state index is 0.0686. The first-order valence-corrected chi connectivity index (χ1v) is 9.20. The van der Waals surface area contributed by atoms with Gasteiger partial charge < -0.3 is 9.47 Å². The van der Waals surface area contributed by atoms with Crippen LogP contribution in [-0.4, -0.2) is 29.0 Å². The monoisotopic (exact) mass is 390 g/mol. The van der Waals surface area contributed by atoms with Gasteiger partial charge in [-0.05, 0) is 47.5 Å². The second-order valence-electron chi connectivity index (χ2n) is 5.72. The van der Waals surface area contributed by atoms with Gasteiger partial charge in [0.15, 0.2) is 0 Å². The zero-order valence-electron chi connectivity index (χ0n) is 13.5. The van der Waals surface area contributed by atoms with Crippen molar-refractivity contribution in [2.24, 2.45) is 0 Å². The third kappa shape index (κ3) is 3.21. The van der Waals surface area contributed by atoms with Crippen LogP contribution in [0.3, 0.4) is 0 Å². The molecule has 0 saturated carbocycles. The van der Waals surface area contributed by atoms with Crippen LogP contribution in [0.25, 0.3) is 10.2 Å². The van der Waals surface area contributed by atoms with Gasteiger partial charge in [0.05, 0.1) is 14.0 Å². The van der Waals surface area contributed by atoms with Gasteiger partial charge >= 0.3 is 0 Å². The Balaban J connectivity index is 2.07. The van der Waals surface area contributed by atoms with Crippen LogP contribution in [0, 0.1) is 6.92 Å². The van der Waals surface area contributed by atoms with Crippen molar-refractivity contribution in [2.75, 3.05) is 13.6 Å². The molecule has 0 N–H and O–H groups in total. The Bertz CT molecular complexity index is 848. The zero-order chi connectivity index (χ0) is 16.6. The summed E-state index contributed by atoms with van der Waals surface area (Å²) in [6, 6.07) is 12.6. The number of aromatic nitrogens is 1. The predicted molar refractivity (Wildman–Crippen MR) is 100 cm³/mol. The molecule has 3 rings (SSSR count). The van der Waals surface area contributed by atoms with Crippen molar-refractivity contribution >= 4 is 43.4 Å². The predicted octanol–water partition coefficient (Wildman–Crippen LogP) is 4.91. The van der Waals surface area contributed by atoms with E-state index in [1.807, 2.05) is 20.0 Å². The fraction of sp³-hybridized carbons (Fsp3) is 0.278. The van der Waals surface area contributed by atoms with Gasteiger partial charge in [-0.1, -0.05) is 29.8 Å². The van der Waals surface area contributed by atoms with Crippen LogP contribution in [0.5, 0.6) is 0 Å². The van der Waals surface area contributed by atoms with Crippen LogP contribution in [-0.2, 0) is 6.54 Å². The molecular formula is C18H19BrN2OS. The summed E-state index contributed by atoms with van der Waals surface area (Å²) in [4.78, 5) is 14.4. The van der Waals surface area contributed by atoms with E-state index in [4.69, 9.17) is 0 Å². The van der Waals surface area contributed by atoms with Gasteiger partial charge in [-0.2, -0.15) is 0 Å². The molecule has 0 aliphatic carbocycles. The van der Waals surface area contributed by atoms with E-state index >= 15 is 0 Å². The average molecular weight is 391 g/mol. The van der Waals surface area contributed by atoms with Crippen molar-refractivity contribution in [2.45, 2.75) is 20.4 Å². The van der Waals surface area contributed by atoms with Crippen LogP contribution in [0.15, 0.2) is 40.2 Å². The van der Waals surface area contributed by atoms with Crippen molar-refractivity contribution in [1.82, 2.24) is 9.47 Å². The van der Waals surface area contributed by atoms with E-state index in [1.165, 1.54) is 11.1 Å². The largest absolute Gasteiger partial charge is 0.341 e. The molecule has 2 heterocycles. The molecule has 2 aromatic heterocycles. The van der Waals surface area contributed by atoms with Gasteiger partial charge in [-0.25, -0.2) is 0 Å². The van der Waals surface area contributed by atoms with Gasteiger partial charge in [-0.15, -0.1) is 11.3 Å². The number of hydrogen-bond donors (Lipinski definition) is 0. The van der Waals surface area contributed by atoms with Crippen LogP contribution in [0.2, 0.25) is 0 Å². The van der Waals surface area contributed by atoms with E-state index in [1.54, 1.807) is 16.2 Å². The summed E-state index contributed by atoms with van der Waals surface area (Å²) in [5.74, 6) is 0.0686. The number of carbonyl (C=O) groups is 1. The van der Waals surface area contributed by atoms with Gasteiger partial charge in [0.1, 0.15) is 5.69 Å². The molecule has 5 heteroatoms. The highest BCUT2D eigenvalue weighted by atomic mass is 79.9. The maximum atomic E-state index is 12.7. The smallest absolute Gasteiger partial charge is 0.270 e. The lowest BCUT2D eigenvalue weighted by atomic mass is 10.1. The maximum absolute atomic E-state index is 12.7. The maximum Gasteiger partial charge on any atom is 0.270 e.